The summed E-state index contributed by atoms with van der Waals surface area (Å²) in [6, 6.07) is 9.67. The molecule has 118 valence electrons. The molecule has 2 rings (SSSR count). The monoisotopic (exact) mass is 316 g/mol. The number of carboxylic acid groups (broad SMARTS) is 2. The molecule has 7 nitrogen and oxygen atoms in total. The highest BCUT2D eigenvalue weighted by atomic mass is 16.5. The molecule has 0 saturated carbocycles. The van der Waals surface area contributed by atoms with Gasteiger partial charge in [-0.15, -0.1) is 0 Å². The number of phenols is 2. The zero-order valence-corrected chi connectivity index (χ0v) is 11.6. The quantitative estimate of drug-likeness (QED) is 0.492. The SMILES string of the molecule is O=C(O)/C(=C/c1ccccc1O)Oc1cccc(C(=O)O)c1O. The van der Waals surface area contributed by atoms with Crippen LogP contribution >= 0.6 is 0 Å². The van der Waals surface area contributed by atoms with Crippen molar-refractivity contribution in [2.45, 2.75) is 0 Å². The number of para-hydroxylation sites is 2. The van der Waals surface area contributed by atoms with Crippen molar-refractivity contribution in [3.63, 3.8) is 0 Å². The maximum atomic E-state index is 11.3. The Morgan fingerprint density at radius 3 is 2.26 bits per heavy atom. The number of carboxylic acids is 2. The Morgan fingerprint density at radius 2 is 1.65 bits per heavy atom. The van der Waals surface area contributed by atoms with Gasteiger partial charge in [0.25, 0.3) is 0 Å². The lowest BCUT2D eigenvalue weighted by atomic mass is 10.1. The van der Waals surface area contributed by atoms with Crippen molar-refractivity contribution >= 4 is 18.0 Å². The van der Waals surface area contributed by atoms with Gasteiger partial charge in [-0.25, -0.2) is 9.59 Å². The molecule has 0 aromatic heterocycles. The largest absolute Gasteiger partial charge is 0.507 e. The van der Waals surface area contributed by atoms with Crippen molar-refractivity contribution in [3.8, 4) is 17.2 Å². The van der Waals surface area contributed by atoms with Gasteiger partial charge in [0, 0.05) is 5.56 Å². The van der Waals surface area contributed by atoms with E-state index in [-0.39, 0.29) is 17.1 Å². The average Bonchev–Trinajstić information content (AvgIpc) is 2.50. The number of aromatic carboxylic acids is 1. The minimum Gasteiger partial charge on any atom is -0.507 e. The van der Waals surface area contributed by atoms with Crippen LogP contribution in [0.2, 0.25) is 0 Å². The van der Waals surface area contributed by atoms with Crippen LogP contribution in [-0.2, 0) is 4.79 Å². The predicted molar refractivity (Wildman–Crippen MR) is 79.4 cm³/mol. The first-order valence-electron chi connectivity index (χ1n) is 6.36. The van der Waals surface area contributed by atoms with Gasteiger partial charge in [-0.3, -0.25) is 0 Å². The summed E-state index contributed by atoms with van der Waals surface area (Å²) < 4.78 is 5.09. The van der Waals surface area contributed by atoms with E-state index in [0.29, 0.717) is 0 Å². The summed E-state index contributed by atoms with van der Waals surface area (Å²) in [6.07, 6.45) is 1.06. The van der Waals surface area contributed by atoms with Gasteiger partial charge < -0.3 is 25.2 Å². The molecule has 0 amide bonds. The third-order valence-corrected chi connectivity index (χ3v) is 2.88. The summed E-state index contributed by atoms with van der Waals surface area (Å²) in [5.41, 5.74) is -0.228. The lowest BCUT2D eigenvalue weighted by molar-refractivity contribution is -0.134. The van der Waals surface area contributed by atoms with Gasteiger partial charge in [-0.05, 0) is 24.3 Å². The van der Waals surface area contributed by atoms with Crippen molar-refractivity contribution in [1.82, 2.24) is 0 Å². The number of hydrogen-bond acceptors (Lipinski definition) is 5. The number of hydrogen-bond donors (Lipinski definition) is 4. The number of carbonyl (C=O) groups is 2. The second kappa shape index (κ2) is 6.52. The fourth-order valence-corrected chi connectivity index (χ4v) is 1.78. The van der Waals surface area contributed by atoms with Crippen LogP contribution in [0.15, 0.2) is 48.2 Å². The lowest BCUT2D eigenvalue weighted by Gasteiger charge is -2.10. The Bertz CT molecular complexity index is 793. The molecule has 0 unspecified atom stereocenters. The molecule has 0 saturated heterocycles. The zero-order valence-electron chi connectivity index (χ0n) is 11.6. The normalized spacial score (nSPS) is 11.0. The van der Waals surface area contributed by atoms with Crippen LogP contribution in [0, 0.1) is 0 Å². The van der Waals surface area contributed by atoms with E-state index >= 15 is 0 Å². The van der Waals surface area contributed by atoms with Crippen LogP contribution in [-0.4, -0.2) is 32.4 Å². The second-order valence-corrected chi connectivity index (χ2v) is 4.43. The third kappa shape index (κ3) is 3.59. The number of rotatable bonds is 5. The highest BCUT2D eigenvalue weighted by molar-refractivity contribution is 5.93. The summed E-state index contributed by atoms with van der Waals surface area (Å²) in [6.45, 7) is 0. The van der Waals surface area contributed by atoms with E-state index in [1.165, 1.54) is 24.3 Å². The summed E-state index contributed by atoms with van der Waals surface area (Å²) >= 11 is 0. The van der Waals surface area contributed by atoms with E-state index in [1.807, 2.05) is 0 Å². The number of aliphatic carboxylic acids is 1. The molecule has 0 radical (unpaired) electrons. The molecule has 0 aliphatic carbocycles. The van der Waals surface area contributed by atoms with Gasteiger partial charge in [-0.1, -0.05) is 24.3 Å². The molecule has 23 heavy (non-hydrogen) atoms. The van der Waals surface area contributed by atoms with Crippen molar-refractivity contribution in [1.29, 1.82) is 0 Å². The molecule has 0 heterocycles. The fourth-order valence-electron chi connectivity index (χ4n) is 1.78. The van der Waals surface area contributed by atoms with Crippen LogP contribution in [0.5, 0.6) is 17.2 Å². The number of benzene rings is 2. The van der Waals surface area contributed by atoms with Crippen LogP contribution in [0.4, 0.5) is 0 Å². The molecule has 7 heteroatoms. The molecular weight excluding hydrogens is 304 g/mol. The van der Waals surface area contributed by atoms with E-state index in [9.17, 15) is 24.9 Å². The predicted octanol–water partition coefficient (Wildman–Crippen LogP) is 2.30. The Balaban J connectivity index is 2.42. The Hall–Kier alpha value is -3.48. The standard InChI is InChI=1S/C16H12O7/c17-11-6-2-1-4-9(11)8-13(16(21)22)23-12-7-3-5-10(14(12)18)15(19)20/h1-8,17-18H,(H,19,20)(H,21,22)/b13-8-. The fraction of sp³-hybridized carbons (Fsp3) is 0. The minimum atomic E-state index is -1.45. The third-order valence-electron chi connectivity index (χ3n) is 2.88. The van der Waals surface area contributed by atoms with Crippen LogP contribution in [0.1, 0.15) is 15.9 Å². The average molecular weight is 316 g/mol. The summed E-state index contributed by atoms with van der Waals surface area (Å²) in [4.78, 5) is 22.2. The smallest absolute Gasteiger partial charge is 0.371 e. The van der Waals surface area contributed by atoms with Gasteiger partial charge in [0.2, 0.25) is 5.76 Å². The van der Waals surface area contributed by atoms with Gasteiger partial charge in [0.1, 0.15) is 11.3 Å². The van der Waals surface area contributed by atoms with Gasteiger partial charge in [0.15, 0.2) is 11.5 Å². The highest BCUT2D eigenvalue weighted by Gasteiger charge is 2.18. The van der Waals surface area contributed by atoms with Crippen molar-refractivity contribution < 1.29 is 34.8 Å². The van der Waals surface area contributed by atoms with Crippen LogP contribution < -0.4 is 4.74 Å². The van der Waals surface area contributed by atoms with Crippen LogP contribution in [0.3, 0.4) is 0 Å². The van der Waals surface area contributed by atoms with Crippen molar-refractivity contribution in [2.24, 2.45) is 0 Å². The van der Waals surface area contributed by atoms with Gasteiger partial charge in [-0.2, -0.15) is 0 Å². The zero-order chi connectivity index (χ0) is 17.0. The summed E-state index contributed by atoms with van der Waals surface area (Å²) in [5, 5.41) is 37.6. The first kappa shape index (κ1) is 15.9. The van der Waals surface area contributed by atoms with Gasteiger partial charge >= 0.3 is 11.9 Å². The van der Waals surface area contributed by atoms with E-state index in [2.05, 4.69) is 0 Å². The van der Waals surface area contributed by atoms with E-state index < -0.39 is 29.0 Å². The lowest BCUT2D eigenvalue weighted by Crippen LogP contribution is -2.08. The second-order valence-electron chi connectivity index (χ2n) is 4.43. The van der Waals surface area contributed by atoms with Crippen molar-refractivity contribution in [3.05, 3.63) is 59.4 Å². The number of aromatic hydroxyl groups is 2. The Kier molecular flexibility index (Phi) is 4.51. The molecule has 0 fully saturated rings. The van der Waals surface area contributed by atoms with E-state index in [1.54, 1.807) is 12.1 Å². The minimum absolute atomic E-state index is 0.154. The first-order chi connectivity index (χ1) is 10.9. The first-order valence-corrected chi connectivity index (χ1v) is 6.36. The Morgan fingerprint density at radius 1 is 0.957 bits per heavy atom. The summed E-state index contributed by atoms with van der Waals surface area (Å²) in [5.74, 6) is -4.59. The maximum absolute atomic E-state index is 11.3. The van der Waals surface area contributed by atoms with Crippen molar-refractivity contribution in [2.75, 3.05) is 0 Å². The summed E-state index contributed by atoms with van der Waals surface area (Å²) in [7, 11) is 0. The number of phenolic OH excluding ortho intramolecular Hbond substituents is 1. The maximum Gasteiger partial charge on any atom is 0.371 e. The van der Waals surface area contributed by atoms with Crippen LogP contribution in [0.25, 0.3) is 6.08 Å². The molecule has 0 atom stereocenters. The van der Waals surface area contributed by atoms with Gasteiger partial charge in [0.05, 0.1) is 0 Å². The molecule has 2 aromatic rings. The molecule has 4 N–H and O–H groups in total. The molecule has 2 aromatic carbocycles. The molecule has 0 bridgehead atoms. The number of ether oxygens (including phenoxy) is 1. The molecule has 0 aliphatic rings. The van der Waals surface area contributed by atoms with E-state index in [4.69, 9.17) is 9.84 Å². The Labute approximate surface area is 130 Å². The highest BCUT2D eigenvalue weighted by Crippen LogP contribution is 2.32. The molecule has 0 spiro atoms. The topological polar surface area (TPSA) is 124 Å². The molecular formula is C16H12O7. The molecule has 0 aliphatic heterocycles. The van der Waals surface area contributed by atoms with E-state index in [0.717, 1.165) is 12.1 Å².